The fourth-order valence-corrected chi connectivity index (χ4v) is 3.22. The molecule has 0 unspecified atom stereocenters. The van der Waals surface area contributed by atoms with Gasteiger partial charge in [-0.1, -0.05) is 17.7 Å². The van der Waals surface area contributed by atoms with Crippen molar-refractivity contribution in [1.82, 2.24) is 0 Å². The summed E-state index contributed by atoms with van der Waals surface area (Å²) < 4.78 is 5.48. The molecule has 0 amide bonds. The van der Waals surface area contributed by atoms with E-state index in [1.807, 2.05) is 13.0 Å². The van der Waals surface area contributed by atoms with Crippen molar-refractivity contribution in [2.45, 2.75) is 24.5 Å². The summed E-state index contributed by atoms with van der Waals surface area (Å²) in [4.78, 5) is 1.24. The molecule has 1 aromatic heterocycles. The van der Waals surface area contributed by atoms with Crippen molar-refractivity contribution in [3.8, 4) is 5.75 Å². The summed E-state index contributed by atoms with van der Waals surface area (Å²) in [6.45, 7) is 3.98. The van der Waals surface area contributed by atoms with E-state index in [9.17, 15) is 5.11 Å². The highest BCUT2D eigenvalue weighted by molar-refractivity contribution is 7.98. The average Bonchev–Trinajstić information content (AvgIpc) is 2.78. The SMILES string of the molecule is Cc1cccc(SCc2cc(O)c3oc(C)cc3c2)c1. The number of rotatable bonds is 3. The van der Waals surface area contributed by atoms with Gasteiger partial charge in [0.1, 0.15) is 5.76 Å². The van der Waals surface area contributed by atoms with E-state index in [-0.39, 0.29) is 5.75 Å². The molecular weight excluding hydrogens is 268 g/mol. The molecular formula is C17H16O2S. The van der Waals surface area contributed by atoms with Gasteiger partial charge in [0.2, 0.25) is 0 Å². The van der Waals surface area contributed by atoms with E-state index in [0.29, 0.717) is 5.58 Å². The van der Waals surface area contributed by atoms with E-state index in [2.05, 4.69) is 37.3 Å². The highest BCUT2D eigenvalue weighted by Gasteiger charge is 2.08. The van der Waals surface area contributed by atoms with E-state index in [1.54, 1.807) is 17.8 Å². The Hall–Kier alpha value is -1.87. The number of benzene rings is 2. The third kappa shape index (κ3) is 2.68. The van der Waals surface area contributed by atoms with Gasteiger partial charge >= 0.3 is 0 Å². The normalized spacial score (nSPS) is 11.1. The zero-order valence-corrected chi connectivity index (χ0v) is 12.3. The van der Waals surface area contributed by atoms with Gasteiger partial charge in [0, 0.05) is 16.0 Å². The van der Waals surface area contributed by atoms with E-state index >= 15 is 0 Å². The van der Waals surface area contributed by atoms with Gasteiger partial charge in [0.05, 0.1) is 0 Å². The molecule has 0 bridgehead atoms. The van der Waals surface area contributed by atoms with Crippen LogP contribution in [0.4, 0.5) is 0 Å². The topological polar surface area (TPSA) is 33.4 Å². The Morgan fingerprint density at radius 2 is 1.95 bits per heavy atom. The Balaban J connectivity index is 1.84. The third-order valence-electron chi connectivity index (χ3n) is 3.17. The predicted octanol–water partition coefficient (Wildman–Crippen LogP) is 5.05. The standard InChI is InChI=1S/C17H16O2S/c1-11-4-3-5-15(6-11)20-10-13-8-14-7-12(2)19-17(14)16(18)9-13/h3-9,18H,10H2,1-2H3. The summed E-state index contributed by atoms with van der Waals surface area (Å²) in [5.74, 6) is 1.87. The number of hydrogen-bond acceptors (Lipinski definition) is 3. The molecule has 1 N–H and O–H groups in total. The molecule has 102 valence electrons. The predicted molar refractivity (Wildman–Crippen MR) is 83.4 cm³/mol. The molecule has 1 heterocycles. The first-order valence-corrected chi connectivity index (χ1v) is 7.52. The molecule has 0 fully saturated rings. The van der Waals surface area contributed by atoms with Crippen molar-refractivity contribution >= 4 is 22.7 Å². The first kappa shape index (κ1) is 13.1. The Morgan fingerprint density at radius 1 is 1.10 bits per heavy atom. The van der Waals surface area contributed by atoms with E-state index in [4.69, 9.17) is 4.42 Å². The van der Waals surface area contributed by atoms with Gasteiger partial charge in [-0.2, -0.15) is 0 Å². The van der Waals surface area contributed by atoms with Crippen LogP contribution in [0.2, 0.25) is 0 Å². The molecule has 3 heteroatoms. The number of aryl methyl sites for hydroxylation is 2. The van der Waals surface area contributed by atoms with Crippen LogP contribution in [0.1, 0.15) is 16.9 Å². The van der Waals surface area contributed by atoms with E-state index in [0.717, 1.165) is 22.5 Å². The Labute approximate surface area is 122 Å². The maximum absolute atomic E-state index is 10.0. The number of phenols is 1. The fourth-order valence-electron chi connectivity index (χ4n) is 2.28. The van der Waals surface area contributed by atoms with Crippen LogP contribution >= 0.6 is 11.8 Å². The van der Waals surface area contributed by atoms with E-state index < -0.39 is 0 Å². The van der Waals surface area contributed by atoms with Crippen LogP contribution in [0, 0.1) is 13.8 Å². The zero-order chi connectivity index (χ0) is 14.1. The van der Waals surface area contributed by atoms with Crippen LogP contribution in [0.3, 0.4) is 0 Å². The number of hydrogen-bond donors (Lipinski definition) is 1. The highest BCUT2D eigenvalue weighted by Crippen LogP contribution is 2.32. The third-order valence-corrected chi connectivity index (χ3v) is 4.24. The lowest BCUT2D eigenvalue weighted by Gasteiger charge is -2.04. The average molecular weight is 284 g/mol. The highest BCUT2D eigenvalue weighted by atomic mass is 32.2. The summed E-state index contributed by atoms with van der Waals surface area (Å²) >= 11 is 1.77. The Bertz CT molecular complexity index is 759. The monoisotopic (exact) mass is 284 g/mol. The molecule has 2 nitrogen and oxygen atoms in total. The van der Waals surface area contributed by atoms with Crippen LogP contribution in [-0.2, 0) is 5.75 Å². The van der Waals surface area contributed by atoms with Gasteiger partial charge < -0.3 is 9.52 Å². The lowest BCUT2D eigenvalue weighted by atomic mass is 10.1. The Morgan fingerprint density at radius 3 is 2.75 bits per heavy atom. The van der Waals surface area contributed by atoms with Crippen LogP contribution in [-0.4, -0.2) is 5.11 Å². The summed E-state index contributed by atoms with van der Waals surface area (Å²) in [5.41, 5.74) is 2.94. The number of thioether (sulfide) groups is 1. The number of furan rings is 1. The van der Waals surface area contributed by atoms with Crippen LogP contribution in [0.15, 0.2) is 51.8 Å². The van der Waals surface area contributed by atoms with Gasteiger partial charge in [-0.3, -0.25) is 0 Å². The minimum absolute atomic E-state index is 0.218. The molecule has 0 aliphatic rings. The van der Waals surface area contributed by atoms with Crippen LogP contribution in [0.25, 0.3) is 11.0 Å². The quantitative estimate of drug-likeness (QED) is 0.683. The second-order valence-electron chi connectivity index (χ2n) is 5.00. The van der Waals surface area contributed by atoms with Crippen LogP contribution < -0.4 is 0 Å². The van der Waals surface area contributed by atoms with Gasteiger partial charge in [0.25, 0.3) is 0 Å². The largest absolute Gasteiger partial charge is 0.504 e. The van der Waals surface area contributed by atoms with Gasteiger partial charge in [-0.15, -0.1) is 11.8 Å². The van der Waals surface area contributed by atoms with Crippen molar-refractivity contribution in [2.75, 3.05) is 0 Å². The van der Waals surface area contributed by atoms with Crippen LogP contribution in [0.5, 0.6) is 5.75 Å². The van der Waals surface area contributed by atoms with Crippen molar-refractivity contribution in [3.05, 3.63) is 59.4 Å². The molecule has 3 rings (SSSR count). The lowest BCUT2D eigenvalue weighted by Crippen LogP contribution is -1.82. The first-order chi connectivity index (χ1) is 9.61. The van der Waals surface area contributed by atoms with Gasteiger partial charge in [0.15, 0.2) is 11.3 Å². The fraction of sp³-hybridized carbons (Fsp3) is 0.176. The molecule has 0 aliphatic heterocycles. The van der Waals surface area contributed by atoms with E-state index in [1.165, 1.54) is 10.5 Å². The number of fused-ring (bicyclic) bond motifs is 1. The molecule has 0 saturated heterocycles. The summed E-state index contributed by atoms with van der Waals surface area (Å²) in [5, 5.41) is 11.0. The number of aromatic hydroxyl groups is 1. The maximum atomic E-state index is 10.0. The molecule has 2 aromatic carbocycles. The summed E-state index contributed by atoms with van der Waals surface area (Å²) in [7, 11) is 0. The van der Waals surface area contributed by atoms with Crippen molar-refractivity contribution < 1.29 is 9.52 Å². The first-order valence-electron chi connectivity index (χ1n) is 6.53. The minimum Gasteiger partial charge on any atom is -0.504 e. The maximum Gasteiger partial charge on any atom is 0.175 e. The summed E-state index contributed by atoms with van der Waals surface area (Å²) in [6, 6.07) is 14.3. The second-order valence-corrected chi connectivity index (χ2v) is 6.04. The lowest BCUT2D eigenvalue weighted by molar-refractivity contribution is 0.461. The molecule has 0 aliphatic carbocycles. The smallest absolute Gasteiger partial charge is 0.175 e. The van der Waals surface area contributed by atoms with Gasteiger partial charge in [-0.25, -0.2) is 0 Å². The molecule has 3 aromatic rings. The molecule has 0 atom stereocenters. The second kappa shape index (κ2) is 5.25. The summed E-state index contributed by atoms with van der Waals surface area (Å²) in [6.07, 6.45) is 0. The number of phenolic OH excluding ortho intramolecular Hbond substituents is 1. The molecule has 0 spiro atoms. The van der Waals surface area contributed by atoms with Crippen molar-refractivity contribution in [2.24, 2.45) is 0 Å². The molecule has 0 radical (unpaired) electrons. The molecule has 20 heavy (non-hydrogen) atoms. The molecule has 0 saturated carbocycles. The Kier molecular flexibility index (Phi) is 3.45. The van der Waals surface area contributed by atoms with Crippen molar-refractivity contribution in [3.63, 3.8) is 0 Å². The minimum atomic E-state index is 0.218. The zero-order valence-electron chi connectivity index (χ0n) is 11.5. The van der Waals surface area contributed by atoms with Gasteiger partial charge in [-0.05, 0) is 49.7 Å². The van der Waals surface area contributed by atoms with Crippen molar-refractivity contribution in [1.29, 1.82) is 0 Å².